The van der Waals surface area contributed by atoms with Crippen LogP contribution in [-0.2, 0) is 6.42 Å². The SMILES string of the molecule is O=C(c1cccc2ccccc12)c1c[nH]c2ncnc(Nc3ccc4c(c3)Cc3ccccc3-4)c12. The van der Waals surface area contributed by atoms with E-state index in [9.17, 15) is 4.79 Å². The van der Waals surface area contributed by atoms with Gasteiger partial charge in [0.1, 0.15) is 17.8 Å². The molecule has 2 aromatic heterocycles. The van der Waals surface area contributed by atoms with Gasteiger partial charge in [-0.1, -0.05) is 72.8 Å². The van der Waals surface area contributed by atoms with Crippen LogP contribution < -0.4 is 5.32 Å². The molecular weight excluding hydrogens is 432 g/mol. The molecule has 1 aliphatic carbocycles. The number of hydrogen-bond acceptors (Lipinski definition) is 4. The first-order chi connectivity index (χ1) is 17.3. The molecule has 0 radical (unpaired) electrons. The van der Waals surface area contributed by atoms with Gasteiger partial charge < -0.3 is 10.3 Å². The van der Waals surface area contributed by atoms with Crippen LogP contribution in [0.15, 0.2) is 97.5 Å². The number of aromatic amines is 1. The van der Waals surface area contributed by atoms with Crippen molar-refractivity contribution < 1.29 is 4.79 Å². The van der Waals surface area contributed by atoms with Gasteiger partial charge in [-0.15, -0.1) is 0 Å². The number of carbonyl (C=O) groups excluding carboxylic acids is 1. The van der Waals surface area contributed by atoms with Gasteiger partial charge in [0, 0.05) is 17.4 Å². The monoisotopic (exact) mass is 452 g/mol. The molecule has 5 nitrogen and oxygen atoms in total. The summed E-state index contributed by atoms with van der Waals surface area (Å²) in [5.41, 5.74) is 7.96. The highest BCUT2D eigenvalue weighted by Crippen LogP contribution is 2.38. The molecule has 0 unspecified atom stereocenters. The van der Waals surface area contributed by atoms with Crippen LogP contribution in [-0.4, -0.2) is 20.7 Å². The van der Waals surface area contributed by atoms with Crippen molar-refractivity contribution in [1.29, 1.82) is 0 Å². The third-order valence-electron chi connectivity index (χ3n) is 6.81. The zero-order valence-electron chi connectivity index (χ0n) is 18.7. The zero-order chi connectivity index (χ0) is 23.4. The lowest BCUT2D eigenvalue weighted by molar-refractivity contribution is 0.104. The molecule has 0 fully saturated rings. The molecule has 35 heavy (non-hydrogen) atoms. The van der Waals surface area contributed by atoms with Crippen LogP contribution in [0.1, 0.15) is 27.0 Å². The van der Waals surface area contributed by atoms with Crippen LogP contribution in [0.2, 0.25) is 0 Å². The number of anilines is 2. The lowest BCUT2D eigenvalue weighted by Gasteiger charge is -2.10. The molecule has 0 spiro atoms. The number of nitrogens with zero attached hydrogens (tertiary/aromatic N) is 2. The first-order valence-electron chi connectivity index (χ1n) is 11.6. The minimum Gasteiger partial charge on any atom is -0.345 e. The van der Waals surface area contributed by atoms with Crippen molar-refractivity contribution in [3.63, 3.8) is 0 Å². The summed E-state index contributed by atoms with van der Waals surface area (Å²) in [6.07, 6.45) is 4.15. The minimum absolute atomic E-state index is 0.0599. The van der Waals surface area contributed by atoms with Gasteiger partial charge in [0.15, 0.2) is 5.78 Å². The molecule has 2 heterocycles. The van der Waals surface area contributed by atoms with Gasteiger partial charge in [-0.05, 0) is 51.6 Å². The highest BCUT2D eigenvalue weighted by molar-refractivity contribution is 6.22. The molecule has 0 aliphatic heterocycles. The van der Waals surface area contributed by atoms with E-state index in [-0.39, 0.29) is 5.78 Å². The summed E-state index contributed by atoms with van der Waals surface area (Å²) in [6, 6.07) is 28.7. The van der Waals surface area contributed by atoms with Gasteiger partial charge in [-0.25, -0.2) is 9.97 Å². The van der Waals surface area contributed by atoms with Gasteiger partial charge in [0.2, 0.25) is 0 Å². The zero-order valence-corrected chi connectivity index (χ0v) is 18.7. The van der Waals surface area contributed by atoms with Crippen LogP contribution in [0.3, 0.4) is 0 Å². The molecule has 0 amide bonds. The predicted molar refractivity (Wildman–Crippen MR) is 139 cm³/mol. The molecule has 2 N–H and O–H groups in total. The molecular formula is C30H20N4O. The van der Waals surface area contributed by atoms with Crippen molar-refractivity contribution in [2.45, 2.75) is 6.42 Å². The van der Waals surface area contributed by atoms with Crippen LogP contribution in [0.5, 0.6) is 0 Å². The smallest absolute Gasteiger partial charge is 0.195 e. The fourth-order valence-corrected chi connectivity index (χ4v) is 5.16. The molecule has 0 saturated carbocycles. The van der Waals surface area contributed by atoms with Crippen molar-refractivity contribution in [2.75, 3.05) is 5.32 Å². The second kappa shape index (κ2) is 7.64. The minimum atomic E-state index is -0.0599. The predicted octanol–water partition coefficient (Wildman–Crippen LogP) is 6.66. The first kappa shape index (κ1) is 19.7. The van der Waals surface area contributed by atoms with E-state index in [1.807, 2.05) is 42.5 Å². The summed E-state index contributed by atoms with van der Waals surface area (Å²) in [5.74, 6) is 0.547. The average molecular weight is 453 g/mol. The Kier molecular flexibility index (Phi) is 4.29. The quantitative estimate of drug-likeness (QED) is 0.293. The summed E-state index contributed by atoms with van der Waals surface area (Å²) < 4.78 is 0. The van der Waals surface area contributed by atoms with Crippen molar-refractivity contribution in [3.8, 4) is 11.1 Å². The topological polar surface area (TPSA) is 70.7 Å². The largest absolute Gasteiger partial charge is 0.345 e. The Hall–Kier alpha value is -4.77. The maximum absolute atomic E-state index is 13.7. The van der Waals surface area contributed by atoms with Crippen molar-refractivity contribution in [1.82, 2.24) is 15.0 Å². The lowest BCUT2D eigenvalue weighted by Crippen LogP contribution is -2.03. The van der Waals surface area contributed by atoms with Crippen molar-refractivity contribution >= 4 is 39.1 Å². The highest BCUT2D eigenvalue weighted by Gasteiger charge is 2.21. The second-order valence-corrected chi connectivity index (χ2v) is 8.83. The van der Waals surface area contributed by atoms with E-state index in [0.29, 0.717) is 28.0 Å². The number of aromatic nitrogens is 3. The summed E-state index contributed by atoms with van der Waals surface area (Å²) in [6.45, 7) is 0. The number of fused-ring (bicyclic) bond motifs is 5. The fourth-order valence-electron chi connectivity index (χ4n) is 5.16. The van der Waals surface area contributed by atoms with E-state index in [1.165, 1.54) is 28.6 Å². The molecule has 0 saturated heterocycles. The number of nitrogens with one attached hydrogen (secondary N) is 2. The first-order valence-corrected chi connectivity index (χ1v) is 11.6. The Labute approximate surface area is 201 Å². The van der Waals surface area contributed by atoms with E-state index >= 15 is 0 Å². The van der Waals surface area contributed by atoms with Gasteiger partial charge >= 0.3 is 0 Å². The molecule has 0 atom stereocenters. The van der Waals surface area contributed by atoms with Crippen LogP contribution in [0.25, 0.3) is 32.9 Å². The van der Waals surface area contributed by atoms with E-state index in [1.54, 1.807) is 6.20 Å². The Morgan fingerprint density at radius 3 is 2.60 bits per heavy atom. The summed E-state index contributed by atoms with van der Waals surface area (Å²) in [4.78, 5) is 25.8. The number of rotatable bonds is 4. The molecule has 7 rings (SSSR count). The standard InChI is InChI=1S/C30H20N4O/c35-28(25-11-5-8-18-6-1-3-9-22(18)25)26-16-31-29-27(26)30(33-17-32-29)34-21-12-13-24-20(15-21)14-19-7-2-4-10-23(19)24/h1-13,15-17H,14H2,(H2,31,32,33,34). The van der Waals surface area contributed by atoms with Crippen LogP contribution >= 0.6 is 0 Å². The normalized spacial score (nSPS) is 12.0. The molecule has 5 heteroatoms. The van der Waals surface area contributed by atoms with E-state index < -0.39 is 0 Å². The van der Waals surface area contributed by atoms with Crippen LogP contribution in [0, 0.1) is 0 Å². The molecule has 0 bridgehead atoms. The van der Waals surface area contributed by atoms with Gasteiger partial charge in [-0.2, -0.15) is 0 Å². The Morgan fingerprint density at radius 2 is 1.63 bits per heavy atom. The third kappa shape index (κ3) is 3.13. The molecule has 166 valence electrons. The summed E-state index contributed by atoms with van der Waals surface area (Å²) >= 11 is 0. The number of H-pyrrole nitrogens is 1. The highest BCUT2D eigenvalue weighted by atomic mass is 16.1. The average Bonchev–Trinajstić information content (AvgIpc) is 3.50. The summed E-state index contributed by atoms with van der Waals surface area (Å²) in [5, 5.41) is 6.10. The van der Waals surface area contributed by atoms with Crippen LogP contribution in [0.4, 0.5) is 11.5 Å². The Balaban J connectivity index is 1.30. The number of benzene rings is 4. The van der Waals surface area contributed by atoms with Crippen molar-refractivity contribution in [2.24, 2.45) is 0 Å². The number of hydrogen-bond donors (Lipinski definition) is 2. The molecule has 1 aliphatic rings. The fraction of sp³-hybridized carbons (Fsp3) is 0.0333. The van der Waals surface area contributed by atoms with Gasteiger partial charge in [0.05, 0.1) is 10.9 Å². The molecule has 4 aromatic carbocycles. The Morgan fingerprint density at radius 1 is 0.800 bits per heavy atom. The van der Waals surface area contributed by atoms with Gasteiger partial charge in [0.25, 0.3) is 0 Å². The van der Waals surface area contributed by atoms with E-state index in [0.717, 1.165) is 22.9 Å². The van der Waals surface area contributed by atoms with E-state index in [2.05, 4.69) is 62.7 Å². The molecule has 6 aromatic rings. The lowest BCUT2D eigenvalue weighted by atomic mass is 9.97. The third-order valence-corrected chi connectivity index (χ3v) is 6.81. The maximum atomic E-state index is 13.7. The second-order valence-electron chi connectivity index (χ2n) is 8.83. The van der Waals surface area contributed by atoms with Gasteiger partial charge in [-0.3, -0.25) is 4.79 Å². The number of ketones is 1. The number of carbonyl (C=O) groups is 1. The van der Waals surface area contributed by atoms with E-state index in [4.69, 9.17) is 0 Å². The Bertz CT molecular complexity index is 1780. The summed E-state index contributed by atoms with van der Waals surface area (Å²) in [7, 11) is 0. The maximum Gasteiger partial charge on any atom is 0.195 e. The van der Waals surface area contributed by atoms with Crippen molar-refractivity contribution in [3.05, 3.63) is 120 Å².